The molecule has 0 amide bonds. The van der Waals surface area contributed by atoms with Gasteiger partial charge in [-0.15, -0.1) is 0 Å². The van der Waals surface area contributed by atoms with Gasteiger partial charge in [-0.2, -0.15) is 0 Å². The second-order valence-corrected chi connectivity index (χ2v) is 5.90. The Morgan fingerprint density at radius 3 is 2.68 bits per heavy atom. The maximum Gasteiger partial charge on any atom is 0.241 e. The molecule has 0 bridgehead atoms. The van der Waals surface area contributed by atoms with Crippen LogP contribution in [-0.4, -0.2) is 13.4 Å². The fourth-order valence-corrected chi connectivity index (χ4v) is 2.90. The van der Waals surface area contributed by atoms with Gasteiger partial charge in [0.05, 0.1) is 17.6 Å². The summed E-state index contributed by atoms with van der Waals surface area (Å²) in [6.07, 6.45) is 2.34. The number of nitrogens with zero attached hydrogens (tertiary/aromatic N) is 1. The van der Waals surface area contributed by atoms with Gasteiger partial charge < -0.3 is 4.42 Å². The predicted molar refractivity (Wildman–Crippen MR) is 71.1 cm³/mol. The molecule has 1 aromatic carbocycles. The number of nitrogens with one attached hydrogen (secondary N) is 1. The zero-order chi connectivity index (χ0) is 13.9. The Hall–Kier alpha value is -1.66. The Balaban J connectivity index is 2.12. The molecule has 0 aliphatic carbocycles. The molecule has 0 radical (unpaired) electrons. The zero-order valence-corrected chi connectivity index (χ0v) is 11.7. The smallest absolute Gasteiger partial charge is 0.241 e. The van der Waals surface area contributed by atoms with E-state index >= 15 is 0 Å². The van der Waals surface area contributed by atoms with Crippen LogP contribution in [0.1, 0.15) is 24.1 Å². The highest BCUT2D eigenvalue weighted by Crippen LogP contribution is 2.14. The van der Waals surface area contributed by atoms with E-state index < -0.39 is 10.0 Å². The zero-order valence-electron chi connectivity index (χ0n) is 10.9. The molecule has 5 nitrogen and oxygen atoms in total. The SMILES string of the molecule is CCc1cnc(CNS(=O)(=O)c2ccccc2C)o1. The molecule has 1 N–H and O–H groups in total. The van der Waals surface area contributed by atoms with Crippen LogP contribution in [0, 0.1) is 6.92 Å². The van der Waals surface area contributed by atoms with Gasteiger partial charge in [-0.25, -0.2) is 18.1 Å². The maximum atomic E-state index is 12.1. The fraction of sp³-hybridized carbons (Fsp3) is 0.308. The van der Waals surface area contributed by atoms with Crippen molar-refractivity contribution in [2.75, 3.05) is 0 Å². The van der Waals surface area contributed by atoms with E-state index in [0.717, 1.165) is 12.2 Å². The number of rotatable bonds is 5. The van der Waals surface area contributed by atoms with Crippen molar-refractivity contribution in [3.63, 3.8) is 0 Å². The van der Waals surface area contributed by atoms with Gasteiger partial charge in [-0.1, -0.05) is 25.1 Å². The summed E-state index contributed by atoms with van der Waals surface area (Å²) >= 11 is 0. The normalized spacial score (nSPS) is 11.7. The van der Waals surface area contributed by atoms with Crippen molar-refractivity contribution in [3.05, 3.63) is 47.7 Å². The lowest BCUT2D eigenvalue weighted by Gasteiger charge is -2.07. The monoisotopic (exact) mass is 280 g/mol. The molecule has 0 aliphatic rings. The standard InChI is InChI=1S/C13H16N2O3S/c1-3-11-8-14-13(18-11)9-15-19(16,17)12-7-5-4-6-10(12)2/h4-8,15H,3,9H2,1-2H3. The van der Waals surface area contributed by atoms with Crippen molar-refractivity contribution < 1.29 is 12.8 Å². The van der Waals surface area contributed by atoms with E-state index in [1.165, 1.54) is 0 Å². The van der Waals surface area contributed by atoms with Crippen LogP contribution in [0.25, 0.3) is 0 Å². The van der Waals surface area contributed by atoms with Gasteiger partial charge in [0.25, 0.3) is 0 Å². The minimum absolute atomic E-state index is 0.0522. The molecular weight excluding hydrogens is 264 g/mol. The summed E-state index contributed by atoms with van der Waals surface area (Å²) in [6, 6.07) is 6.83. The first kappa shape index (κ1) is 13.8. The third kappa shape index (κ3) is 3.21. The van der Waals surface area contributed by atoms with Crippen LogP contribution in [0.3, 0.4) is 0 Å². The van der Waals surface area contributed by atoms with E-state index in [9.17, 15) is 8.42 Å². The molecule has 0 fully saturated rings. The topological polar surface area (TPSA) is 72.2 Å². The van der Waals surface area contributed by atoms with Gasteiger partial charge in [-0.3, -0.25) is 0 Å². The van der Waals surface area contributed by atoms with E-state index in [1.54, 1.807) is 37.4 Å². The molecule has 0 saturated heterocycles. The minimum Gasteiger partial charge on any atom is -0.444 e. The molecule has 2 aromatic rings. The van der Waals surface area contributed by atoms with Crippen LogP contribution in [0.2, 0.25) is 0 Å². The third-order valence-electron chi connectivity index (χ3n) is 2.75. The Labute approximate surface area is 112 Å². The molecule has 1 aromatic heterocycles. The summed E-state index contributed by atoms with van der Waals surface area (Å²) in [7, 11) is -3.54. The van der Waals surface area contributed by atoms with Gasteiger partial charge in [0.1, 0.15) is 5.76 Å². The second-order valence-electron chi connectivity index (χ2n) is 4.16. The van der Waals surface area contributed by atoms with Crippen LogP contribution in [-0.2, 0) is 23.0 Å². The molecule has 19 heavy (non-hydrogen) atoms. The Morgan fingerprint density at radius 2 is 2.05 bits per heavy atom. The van der Waals surface area contributed by atoms with Crippen LogP contribution < -0.4 is 4.72 Å². The van der Waals surface area contributed by atoms with Crippen LogP contribution in [0.5, 0.6) is 0 Å². The Kier molecular flexibility index (Phi) is 4.01. The number of aryl methyl sites for hydroxylation is 2. The van der Waals surface area contributed by atoms with Gasteiger partial charge in [-0.05, 0) is 18.6 Å². The van der Waals surface area contributed by atoms with Gasteiger partial charge in [0.15, 0.2) is 0 Å². The molecule has 6 heteroatoms. The summed E-state index contributed by atoms with van der Waals surface area (Å²) in [5, 5.41) is 0. The lowest BCUT2D eigenvalue weighted by Crippen LogP contribution is -2.24. The first-order valence-corrected chi connectivity index (χ1v) is 7.50. The maximum absolute atomic E-state index is 12.1. The quantitative estimate of drug-likeness (QED) is 0.909. The van der Waals surface area contributed by atoms with E-state index in [2.05, 4.69) is 9.71 Å². The molecule has 0 unspecified atom stereocenters. The van der Waals surface area contributed by atoms with Gasteiger partial charge >= 0.3 is 0 Å². The molecule has 2 rings (SSSR count). The first-order valence-electron chi connectivity index (χ1n) is 6.02. The molecule has 0 aliphatic heterocycles. The van der Waals surface area contributed by atoms with Crippen LogP contribution in [0.4, 0.5) is 0 Å². The largest absolute Gasteiger partial charge is 0.444 e. The summed E-state index contributed by atoms with van der Waals surface area (Å²) < 4.78 is 32.1. The van der Waals surface area contributed by atoms with Crippen molar-refractivity contribution in [1.29, 1.82) is 0 Å². The predicted octanol–water partition coefficient (Wildman–Crippen LogP) is 2.02. The summed E-state index contributed by atoms with van der Waals surface area (Å²) in [4.78, 5) is 4.29. The van der Waals surface area contributed by atoms with E-state index in [0.29, 0.717) is 11.5 Å². The number of sulfonamides is 1. The van der Waals surface area contributed by atoms with Crippen molar-refractivity contribution >= 4 is 10.0 Å². The Bertz CT molecular complexity index is 662. The van der Waals surface area contributed by atoms with E-state index in [1.807, 2.05) is 6.92 Å². The van der Waals surface area contributed by atoms with Crippen molar-refractivity contribution in [1.82, 2.24) is 9.71 Å². The van der Waals surface area contributed by atoms with E-state index in [-0.39, 0.29) is 11.4 Å². The summed E-state index contributed by atoms with van der Waals surface area (Å²) in [5.41, 5.74) is 0.705. The average Bonchev–Trinajstić information content (AvgIpc) is 2.85. The van der Waals surface area contributed by atoms with Crippen molar-refractivity contribution in [3.8, 4) is 0 Å². The molecule has 0 saturated carbocycles. The van der Waals surface area contributed by atoms with Crippen LogP contribution >= 0.6 is 0 Å². The lowest BCUT2D eigenvalue weighted by molar-refractivity contribution is 0.452. The molecular formula is C13H16N2O3S. The second kappa shape index (κ2) is 5.54. The number of aromatic nitrogens is 1. The highest BCUT2D eigenvalue weighted by molar-refractivity contribution is 7.89. The highest BCUT2D eigenvalue weighted by atomic mass is 32.2. The number of benzene rings is 1. The number of hydrogen-bond donors (Lipinski definition) is 1. The number of hydrogen-bond acceptors (Lipinski definition) is 4. The third-order valence-corrected chi connectivity index (χ3v) is 4.31. The summed E-state index contributed by atoms with van der Waals surface area (Å²) in [5.74, 6) is 1.11. The minimum atomic E-state index is -3.54. The molecule has 102 valence electrons. The lowest BCUT2D eigenvalue weighted by atomic mass is 10.2. The van der Waals surface area contributed by atoms with E-state index in [4.69, 9.17) is 4.42 Å². The molecule has 1 heterocycles. The highest BCUT2D eigenvalue weighted by Gasteiger charge is 2.16. The molecule has 0 spiro atoms. The summed E-state index contributed by atoms with van der Waals surface area (Å²) in [6.45, 7) is 3.76. The van der Waals surface area contributed by atoms with Crippen molar-refractivity contribution in [2.45, 2.75) is 31.7 Å². The average molecular weight is 280 g/mol. The molecule has 0 atom stereocenters. The number of oxazole rings is 1. The van der Waals surface area contributed by atoms with Gasteiger partial charge in [0, 0.05) is 6.42 Å². The Morgan fingerprint density at radius 1 is 1.32 bits per heavy atom. The van der Waals surface area contributed by atoms with Crippen LogP contribution in [0.15, 0.2) is 39.8 Å². The van der Waals surface area contributed by atoms with Crippen molar-refractivity contribution in [2.24, 2.45) is 0 Å². The van der Waals surface area contributed by atoms with Gasteiger partial charge in [0.2, 0.25) is 15.9 Å². The first-order chi connectivity index (χ1) is 9.03. The fourth-order valence-electron chi connectivity index (χ4n) is 1.69.